The van der Waals surface area contributed by atoms with Gasteiger partial charge in [0.1, 0.15) is 5.69 Å². The van der Waals surface area contributed by atoms with Crippen LogP contribution < -0.4 is 9.47 Å². The molecule has 2 aliphatic heterocycles. The maximum Gasteiger partial charge on any atom is 0.270 e. The first-order chi connectivity index (χ1) is 17.5. The van der Waals surface area contributed by atoms with Gasteiger partial charge in [0.25, 0.3) is 11.8 Å². The zero-order valence-corrected chi connectivity index (χ0v) is 20.6. The van der Waals surface area contributed by atoms with E-state index in [0.29, 0.717) is 61.0 Å². The van der Waals surface area contributed by atoms with E-state index in [-0.39, 0.29) is 11.8 Å². The van der Waals surface area contributed by atoms with Crippen LogP contribution in [0.25, 0.3) is 11.3 Å². The third-order valence-corrected chi connectivity index (χ3v) is 7.03. The van der Waals surface area contributed by atoms with E-state index in [1.54, 1.807) is 14.2 Å². The van der Waals surface area contributed by atoms with Gasteiger partial charge in [-0.05, 0) is 48.7 Å². The molecule has 0 N–H and O–H groups in total. The number of carbonyl (C=O) groups excluding carboxylic acids is 2. The molecule has 2 aromatic carbocycles. The number of fused-ring (bicyclic) bond motifs is 3. The van der Waals surface area contributed by atoms with E-state index in [2.05, 4.69) is 5.92 Å². The largest absolute Gasteiger partial charge is 0.493 e. The zero-order chi connectivity index (χ0) is 25.2. The van der Waals surface area contributed by atoms with Gasteiger partial charge in [-0.25, -0.2) is 0 Å². The first-order valence-corrected chi connectivity index (χ1v) is 12.1. The molecule has 3 heterocycles. The number of rotatable bonds is 4. The van der Waals surface area contributed by atoms with Gasteiger partial charge in [0.15, 0.2) is 11.5 Å². The lowest BCUT2D eigenvalue weighted by Gasteiger charge is -2.26. The van der Waals surface area contributed by atoms with Crippen LogP contribution in [0.5, 0.6) is 11.5 Å². The summed E-state index contributed by atoms with van der Waals surface area (Å²) in [5.74, 6) is 4.01. The van der Waals surface area contributed by atoms with E-state index in [0.717, 1.165) is 29.7 Å². The van der Waals surface area contributed by atoms with Crippen molar-refractivity contribution in [3.63, 3.8) is 0 Å². The SMILES string of the molecule is C#Cc1cc(C(=O)N2CCCN(C(=O)c3ccccc3)CC2)n2c1-c1cc(OC)c(OC)cc1CC2. The summed E-state index contributed by atoms with van der Waals surface area (Å²) < 4.78 is 13.0. The van der Waals surface area contributed by atoms with E-state index in [4.69, 9.17) is 15.9 Å². The molecule has 3 aromatic rings. The highest BCUT2D eigenvalue weighted by atomic mass is 16.5. The maximum absolute atomic E-state index is 13.7. The molecule has 0 radical (unpaired) electrons. The van der Waals surface area contributed by atoms with Crippen LogP contribution in [0.3, 0.4) is 0 Å². The first-order valence-electron chi connectivity index (χ1n) is 12.1. The number of ether oxygens (including phenoxy) is 2. The molecule has 7 heteroatoms. The molecule has 0 saturated carbocycles. The van der Waals surface area contributed by atoms with Gasteiger partial charge in [-0.3, -0.25) is 9.59 Å². The van der Waals surface area contributed by atoms with Crippen molar-refractivity contribution in [2.24, 2.45) is 0 Å². The van der Waals surface area contributed by atoms with Crippen molar-refractivity contribution in [3.05, 3.63) is 70.9 Å². The van der Waals surface area contributed by atoms with Gasteiger partial charge < -0.3 is 23.8 Å². The molecule has 1 fully saturated rings. The van der Waals surface area contributed by atoms with Crippen LogP contribution in [0.2, 0.25) is 0 Å². The normalized spacial score (nSPS) is 14.8. The zero-order valence-electron chi connectivity index (χ0n) is 20.6. The van der Waals surface area contributed by atoms with E-state index in [9.17, 15) is 9.59 Å². The first kappa shape index (κ1) is 23.6. The number of carbonyl (C=O) groups is 2. The van der Waals surface area contributed by atoms with Crippen molar-refractivity contribution >= 4 is 11.8 Å². The average Bonchev–Trinajstić information content (AvgIpc) is 3.13. The van der Waals surface area contributed by atoms with Crippen molar-refractivity contribution in [2.75, 3.05) is 40.4 Å². The third-order valence-electron chi connectivity index (χ3n) is 7.03. The van der Waals surface area contributed by atoms with E-state index < -0.39 is 0 Å². The highest BCUT2D eigenvalue weighted by molar-refractivity contribution is 5.96. The van der Waals surface area contributed by atoms with Crippen LogP contribution in [0.4, 0.5) is 0 Å². The van der Waals surface area contributed by atoms with Crippen LogP contribution in [0, 0.1) is 12.3 Å². The molecule has 5 rings (SSSR count). The second kappa shape index (κ2) is 9.82. The Bertz CT molecular complexity index is 1350. The van der Waals surface area contributed by atoms with Crippen molar-refractivity contribution in [1.82, 2.24) is 14.4 Å². The van der Waals surface area contributed by atoms with Gasteiger partial charge in [0.2, 0.25) is 0 Å². The van der Waals surface area contributed by atoms with Gasteiger partial charge >= 0.3 is 0 Å². The van der Waals surface area contributed by atoms with Crippen molar-refractivity contribution in [2.45, 2.75) is 19.4 Å². The fourth-order valence-corrected chi connectivity index (χ4v) is 5.19. The van der Waals surface area contributed by atoms with Crippen molar-refractivity contribution < 1.29 is 19.1 Å². The molecule has 0 bridgehead atoms. The van der Waals surface area contributed by atoms with Crippen molar-refractivity contribution in [1.29, 1.82) is 0 Å². The quantitative estimate of drug-likeness (QED) is 0.531. The van der Waals surface area contributed by atoms with Crippen LogP contribution in [0.1, 0.15) is 38.4 Å². The van der Waals surface area contributed by atoms with E-state index >= 15 is 0 Å². The van der Waals surface area contributed by atoms with Crippen LogP contribution in [0.15, 0.2) is 48.5 Å². The fraction of sp³-hybridized carbons (Fsp3) is 0.310. The summed E-state index contributed by atoms with van der Waals surface area (Å²) in [5, 5.41) is 0. The van der Waals surface area contributed by atoms with E-state index in [1.807, 2.05) is 62.9 Å². The molecule has 0 spiro atoms. The minimum absolute atomic E-state index is 0.000523. The number of hydrogen-bond donors (Lipinski definition) is 0. The number of benzene rings is 2. The number of methoxy groups -OCH3 is 2. The lowest BCUT2D eigenvalue weighted by molar-refractivity contribution is 0.0713. The standard InChI is InChI=1S/C29H29N3O4/c1-4-20-17-24(32-14-11-22-18-25(35-2)26(36-3)19-23(22)27(20)32)29(34)31-13-8-12-30(15-16-31)28(33)21-9-6-5-7-10-21/h1,5-7,9-10,17-19H,8,11-16H2,2-3H3. The number of aromatic nitrogens is 1. The summed E-state index contributed by atoms with van der Waals surface area (Å²) in [4.78, 5) is 30.3. The highest BCUT2D eigenvalue weighted by Crippen LogP contribution is 2.41. The second-order valence-electron chi connectivity index (χ2n) is 9.01. The van der Waals surface area contributed by atoms with E-state index in [1.165, 1.54) is 0 Å². The van der Waals surface area contributed by atoms with Gasteiger partial charge in [0, 0.05) is 43.9 Å². The minimum Gasteiger partial charge on any atom is -0.493 e. The summed E-state index contributed by atoms with van der Waals surface area (Å²) in [6.07, 6.45) is 7.37. The molecule has 0 unspecified atom stereocenters. The molecule has 2 aliphatic rings. The minimum atomic E-state index is -0.0595. The third kappa shape index (κ3) is 4.09. The summed E-state index contributed by atoms with van der Waals surface area (Å²) in [5.41, 5.74) is 4.87. The Kier molecular flexibility index (Phi) is 6.43. The number of amides is 2. The Morgan fingerprint density at radius 2 is 1.53 bits per heavy atom. The highest BCUT2D eigenvalue weighted by Gasteiger charge is 2.30. The molecule has 184 valence electrons. The lowest BCUT2D eigenvalue weighted by Crippen LogP contribution is -2.38. The summed E-state index contributed by atoms with van der Waals surface area (Å²) >= 11 is 0. The topological polar surface area (TPSA) is 64.0 Å². The number of hydrogen-bond acceptors (Lipinski definition) is 4. The molecule has 2 amide bonds. The van der Waals surface area contributed by atoms with Crippen molar-refractivity contribution in [3.8, 4) is 35.1 Å². The number of terminal acetylenes is 1. The van der Waals surface area contributed by atoms with Crippen LogP contribution >= 0.6 is 0 Å². The molecular weight excluding hydrogens is 454 g/mol. The molecule has 0 aliphatic carbocycles. The molecule has 1 saturated heterocycles. The smallest absolute Gasteiger partial charge is 0.270 e. The Morgan fingerprint density at radius 1 is 0.861 bits per heavy atom. The Hall–Kier alpha value is -4.18. The maximum atomic E-state index is 13.7. The second-order valence-corrected chi connectivity index (χ2v) is 9.01. The molecule has 7 nitrogen and oxygen atoms in total. The monoisotopic (exact) mass is 483 g/mol. The summed E-state index contributed by atoms with van der Waals surface area (Å²) in [7, 11) is 3.23. The van der Waals surface area contributed by atoms with Gasteiger partial charge in [-0.15, -0.1) is 6.42 Å². The number of nitrogens with zero attached hydrogens (tertiary/aromatic N) is 3. The molecule has 1 aromatic heterocycles. The number of aryl methyl sites for hydroxylation is 1. The molecule has 36 heavy (non-hydrogen) atoms. The average molecular weight is 484 g/mol. The summed E-state index contributed by atoms with van der Waals surface area (Å²) in [6.45, 7) is 2.83. The molecular formula is C29H29N3O4. The fourth-order valence-electron chi connectivity index (χ4n) is 5.19. The van der Waals surface area contributed by atoms with Gasteiger partial charge in [-0.2, -0.15) is 0 Å². The van der Waals surface area contributed by atoms with Gasteiger partial charge in [-0.1, -0.05) is 24.1 Å². The van der Waals surface area contributed by atoms with Crippen LogP contribution in [-0.2, 0) is 13.0 Å². The van der Waals surface area contributed by atoms with Crippen LogP contribution in [-0.4, -0.2) is 66.6 Å². The Labute approximate surface area is 211 Å². The Balaban J connectivity index is 1.42. The van der Waals surface area contributed by atoms with Gasteiger partial charge in [0.05, 0.1) is 25.5 Å². The molecule has 0 atom stereocenters. The Morgan fingerprint density at radius 3 is 2.19 bits per heavy atom. The summed E-state index contributed by atoms with van der Waals surface area (Å²) in [6, 6.07) is 15.0. The lowest BCUT2D eigenvalue weighted by atomic mass is 9.95. The predicted molar refractivity (Wildman–Crippen MR) is 137 cm³/mol. The predicted octanol–water partition coefficient (Wildman–Crippen LogP) is 3.70.